The van der Waals surface area contributed by atoms with Crippen LogP contribution in [-0.2, 0) is 19.0 Å². The number of benzene rings is 1. The van der Waals surface area contributed by atoms with Gasteiger partial charge in [0.15, 0.2) is 0 Å². The average Bonchev–Trinajstić information content (AvgIpc) is 2.88. The molecule has 3 nitrogen and oxygen atoms in total. The highest BCUT2D eigenvalue weighted by Gasteiger charge is 2.35. The second-order valence-electron chi connectivity index (χ2n) is 4.26. The zero-order chi connectivity index (χ0) is 14.6. The topological polar surface area (TPSA) is 37.8 Å². The number of rotatable bonds is 5. The highest BCUT2D eigenvalue weighted by atomic mass is 32.1. The van der Waals surface area contributed by atoms with Crippen molar-refractivity contribution in [2.45, 2.75) is 25.9 Å². The second-order valence-corrected chi connectivity index (χ2v) is 5.23. The third-order valence-corrected chi connectivity index (χ3v) is 3.71. The quantitative estimate of drug-likeness (QED) is 0.913. The van der Waals surface area contributed by atoms with Gasteiger partial charge in [-0.25, -0.2) is 0 Å². The molecule has 0 fully saturated rings. The number of anilines is 1. The normalized spacial score (nSPS) is 11.6. The van der Waals surface area contributed by atoms with Crippen LogP contribution in [0.4, 0.5) is 18.3 Å². The van der Waals surface area contributed by atoms with E-state index >= 15 is 0 Å². The summed E-state index contributed by atoms with van der Waals surface area (Å²) in [5, 5.41) is 8.73. The smallest absolute Gasteiger partial charge is 0.360 e. The maximum Gasteiger partial charge on any atom is 0.445 e. The fourth-order valence-corrected chi connectivity index (χ4v) is 2.30. The lowest BCUT2D eigenvalue weighted by Gasteiger charge is -2.03. The van der Waals surface area contributed by atoms with Gasteiger partial charge >= 0.3 is 6.18 Å². The average molecular weight is 301 g/mol. The van der Waals surface area contributed by atoms with Crippen LogP contribution in [0.2, 0.25) is 0 Å². The third kappa shape index (κ3) is 3.93. The van der Waals surface area contributed by atoms with E-state index in [1.54, 1.807) is 0 Å². The van der Waals surface area contributed by atoms with Crippen LogP contribution in [0.5, 0.6) is 0 Å². The van der Waals surface area contributed by atoms with Crippen molar-refractivity contribution in [2.75, 3.05) is 11.9 Å². The van der Waals surface area contributed by atoms with Crippen LogP contribution in [-0.4, -0.2) is 16.7 Å². The molecule has 1 N–H and O–H groups in total. The minimum absolute atomic E-state index is 0.197. The summed E-state index contributed by atoms with van der Waals surface area (Å²) < 4.78 is 37.0. The zero-order valence-electron chi connectivity index (χ0n) is 10.9. The van der Waals surface area contributed by atoms with Crippen LogP contribution in [0, 0.1) is 0 Å². The van der Waals surface area contributed by atoms with E-state index < -0.39 is 11.2 Å². The molecule has 2 aromatic rings. The minimum atomic E-state index is -4.42. The number of nitrogens with zero attached hydrogens (tertiary/aromatic N) is 2. The first-order chi connectivity index (χ1) is 9.49. The standard InChI is InChI=1S/C13H14F3N3S/c1-2-9-3-5-10(6-4-9)7-8-17-12-19-18-11(20-12)13(14,15)16/h3-6H,2,7-8H2,1H3,(H,17,19). The molecule has 1 aromatic carbocycles. The van der Waals surface area contributed by atoms with Crippen LogP contribution in [0.15, 0.2) is 24.3 Å². The van der Waals surface area contributed by atoms with Crippen molar-refractivity contribution in [1.82, 2.24) is 10.2 Å². The van der Waals surface area contributed by atoms with Crippen molar-refractivity contribution >= 4 is 16.5 Å². The first-order valence-electron chi connectivity index (χ1n) is 6.21. The van der Waals surface area contributed by atoms with Crippen LogP contribution in [0.3, 0.4) is 0 Å². The number of aryl methyl sites for hydroxylation is 1. The predicted octanol–water partition coefficient (Wildman–Crippen LogP) is 3.77. The molecule has 0 aliphatic rings. The molecule has 7 heteroatoms. The number of aromatic nitrogens is 2. The SMILES string of the molecule is CCc1ccc(CCNc2nnc(C(F)(F)F)s2)cc1. The van der Waals surface area contributed by atoms with Gasteiger partial charge in [-0.1, -0.05) is 42.5 Å². The van der Waals surface area contributed by atoms with E-state index in [1.807, 2.05) is 12.1 Å². The molecule has 1 aromatic heterocycles. The summed E-state index contributed by atoms with van der Waals surface area (Å²) in [6, 6.07) is 8.17. The van der Waals surface area contributed by atoms with Crippen molar-refractivity contribution in [3.05, 3.63) is 40.4 Å². The molecule has 1 heterocycles. The van der Waals surface area contributed by atoms with E-state index in [-0.39, 0.29) is 5.13 Å². The molecule has 0 aliphatic carbocycles. The Bertz CT molecular complexity index is 549. The Hall–Kier alpha value is -1.63. The van der Waals surface area contributed by atoms with E-state index in [4.69, 9.17) is 0 Å². The molecule has 108 valence electrons. The van der Waals surface area contributed by atoms with Gasteiger partial charge in [0.1, 0.15) is 0 Å². The molecular formula is C13H14F3N3S. The van der Waals surface area contributed by atoms with Crippen LogP contribution >= 0.6 is 11.3 Å². The van der Waals surface area contributed by atoms with Gasteiger partial charge in [0.25, 0.3) is 0 Å². The van der Waals surface area contributed by atoms with Crippen molar-refractivity contribution in [3.8, 4) is 0 Å². The Kier molecular flexibility index (Phi) is 4.59. The lowest BCUT2D eigenvalue weighted by Crippen LogP contribution is -2.04. The zero-order valence-corrected chi connectivity index (χ0v) is 11.7. The summed E-state index contributed by atoms with van der Waals surface area (Å²) in [6.07, 6.45) is -2.71. The largest absolute Gasteiger partial charge is 0.445 e. The Morgan fingerprint density at radius 1 is 1.10 bits per heavy atom. The first-order valence-corrected chi connectivity index (χ1v) is 7.03. The van der Waals surface area contributed by atoms with E-state index in [0.29, 0.717) is 17.9 Å². The van der Waals surface area contributed by atoms with Crippen molar-refractivity contribution in [1.29, 1.82) is 0 Å². The molecule has 0 bridgehead atoms. The fraction of sp³-hybridized carbons (Fsp3) is 0.385. The van der Waals surface area contributed by atoms with Gasteiger partial charge < -0.3 is 5.32 Å². The second kappa shape index (κ2) is 6.21. The molecule has 0 amide bonds. The number of hydrogen-bond donors (Lipinski definition) is 1. The van der Waals surface area contributed by atoms with E-state index in [0.717, 1.165) is 18.4 Å². The van der Waals surface area contributed by atoms with Crippen LogP contribution in [0.1, 0.15) is 23.1 Å². The molecule has 0 saturated carbocycles. The van der Waals surface area contributed by atoms with E-state index in [2.05, 4.69) is 34.6 Å². The molecular weight excluding hydrogens is 287 g/mol. The molecule has 0 spiro atoms. The summed E-state index contributed by atoms with van der Waals surface area (Å²) in [6.45, 7) is 2.61. The molecule has 0 radical (unpaired) electrons. The van der Waals surface area contributed by atoms with Crippen molar-refractivity contribution in [2.24, 2.45) is 0 Å². The maximum absolute atomic E-state index is 12.3. The lowest BCUT2D eigenvalue weighted by atomic mass is 10.1. The Labute approximate surface area is 118 Å². The van der Waals surface area contributed by atoms with Crippen molar-refractivity contribution < 1.29 is 13.2 Å². The lowest BCUT2D eigenvalue weighted by molar-refractivity contribution is -0.138. The van der Waals surface area contributed by atoms with Gasteiger partial charge in [-0.2, -0.15) is 13.2 Å². The summed E-state index contributed by atoms with van der Waals surface area (Å²) in [7, 11) is 0. The third-order valence-electron chi connectivity index (χ3n) is 2.79. The molecule has 0 atom stereocenters. The monoisotopic (exact) mass is 301 g/mol. The van der Waals surface area contributed by atoms with Gasteiger partial charge in [-0.05, 0) is 24.0 Å². The molecule has 0 unspecified atom stereocenters. The fourth-order valence-electron chi connectivity index (χ4n) is 1.66. The number of halogens is 3. The predicted molar refractivity (Wildman–Crippen MR) is 72.9 cm³/mol. The van der Waals surface area contributed by atoms with Gasteiger partial charge in [-0.3, -0.25) is 0 Å². The van der Waals surface area contributed by atoms with Gasteiger partial charge in [0.05, 0.1) is 0 Å². The Morgan fingerprint density at radius 3 is 2.30 bits per heavy atom. The number of nitrogens with one attached hydrogen (secondary N) is 1. The molecule has 20 heavy (non-hydrogen) atoms. The van der Waals surface area contributed by atoms with E-state index in [9.17, 15) is 13.2 Å². The van der Waals surface area contributed by atoms with Gasteiger partial charge in [-0.15, -0.1) is 10.2 Å². The van der Waals surface area contributed by atoms with Gasteiger partial charge in [0, 0.05) is 6.54 Å². The summed E-state index contributed by atoms with van der Waals surface area (Å²) in [4.78, 5) is 0. The molecule has 0 aliphatic heterocycles. The summed E-state index contributed by atoms with van der Waals surface area (Å²) >= 11 is 0.523. The Balaban J connectivity index is 1.84. The molecule has 2 rings (SSSR count). The highest BCUT2D eigenvalue weighted by molar-refractivity contribution is 7.15. The van der Waals surface area contributed by atoms with Crippen LogP contribution in [0.25, 0.3) is 0 Å². The summed E-state index contributed by atoms with van der Waals surface area (Å²) in [5.41, 5.74) is 2.40. The van der Waals surface area contributed by atoms with Crippen LogP contribution < -0.4 is 5.32 Å². The van der Waals surface area contributed by atoms with Crippen molar-refractivity contribution in [3.63, 3.8) is 0 Å². The maximum atomic E-state index is 12.3. The minimum Gasteiger partial charge on any atom is -0.360 e. The van der Waals surface area contributed by atoms with Gasteiger partial charge in [0.2, 0.25) is 10.1 Å². The highest BCUT2D eigenvalue weighted by Crippen LogP contribution is 2.32. The summed E-state index contributed by atoms with van der Waals surface area (Å²) in [5.74, 6) is 0. The molecule has 0 saturated heterocycles. The number of alkyl halides is 3. The Morgan fingerprint density at radius 2 is 1.75 bits per heavy atom. The first kappa shape index (κ1) is 14.8. The van der Waals surface area contributed by atoms with E-state index in [1.165, 1.54) is 5.56 Å². The number of hydrogen-bond acceptors (Lipinski definition) is 4.